The highest BCUT2D eigenvalue weighted by molar-refractivity contribution is 6.28. The summed E-state index contributed by atoms with van der Waals surface area (Å²) in [5, 5.41) is 7.11. The number of anilines is 1. The molecule has 0 aliphatic carbocycles. The van der Waals surface area contributed by atoms with E-state index in [0.717, 1.165) is 37.4 Å². The van der Waals surface area contributed by atoms with Crippen molar-refractivity contribution < 1.29 is 0 Å². The highest BCUT2D eigenvalue weighted by Crippen LogP contribution is 2.23. The molecule has 5 heteroatoms. The van der Waals surface area contributed by atoms with Crippen molar-refractivity contribution in [1.29, 1.82) is 0 Å². The van der Waals surface area contributed by atoms with Crippen LogP contribution in [-0.2, 0) is 12.8 Å². The first-order valence-corrected chi connectivity index (χ1v) is 6.38. The predicted molar refractivity (Wildman–Crippen MR) is 70.7 cm³/mol. The standard InChI is InChI=1S/C12H19ClN4/c1-12(2,3)17-10-8-4-6-14-7-5-9(8)15-11(13)16-10/h14H,4-7H2,1-3H3,(H,15,16,17). The van der Waals surface area contributed by atoms with Crippen LogP contribution >= 0.6 is 11.6 Å². The summed E-state index contributed by atoms with van der Waals surface area (Å²) in [6.45, 7) is 8.27. The molecule has 17 heavy (non-hydrogen) atoms. The summed E-state index contributed by atoms with van der Waals surface area (Å²) in [5.41, 5.74) is 2.25. The third-order valence-electron chi connectivity index (χ3n) is 2.65. The van der Waals surface area contributed by atoms with Gasteiger partial charge >= 0.3 is 0 Å². The van der Waals surface area contributed by atoms with Gasteiger partial charge in [0.15, 0.2) is 0 Å². The zero-order valence-electron chi connectivity index (χ0n) is 10.6. The molecular formula is C12H19ClN4. The van der Waals surface area contributed by atoms with Crippen LogP contribution in [0.25, 0.3) is 0 Å². The van der Waals surface area contributed by atoms with Crippen molar-refractivity contribution in [2.24, 2.45) is 0 Å². The maximum absolute atomic E-state index is 5.98. The number of hydrogen-bond acceptors (Lipinski definition) is 4. The second-order valence-electron chi connectivity index (χ2n) is 5.39. The molecule has 0 atom stereocenters. The van der Waals surface area contributed by atoms with Crippen molar-refractivity contribution in [2.75, 3.05) is 18.4 Å². The summed E-state index contributed by atoms with van der Waals surface area (Å²) in [6, 6.07) is 0. The Morgan fingerprint density at radius 1 is 1.18 bits per heavy atom. The number of nitrogens with one attached hydrogen (secondary N) is 2. The molecule has 4 nitrogen and oxygen atoms in total. The van der Waals surface area contributed by atoms with Gasteiger partial charge in [-0.25, -0.2) is 9.97 Å². The maximum atomic E-state index is 5.98. The highest BCUT2D eigenvalue weighted by atomic mass is 35.5. The second-order valence-corrected chi connectivity index (χ2v) is 5.73. The number of fused-ring (bicyclic) bond motifs is 1. The summed E-state index contributed by atoms with van der Waals surface area (Å²) in [4.78, 5) is 8.67. The maximum Gasteiger partial charge on any atom is 0.224 e. The van der Waals surface area contributed by atoms with Crippen LogP contribution < -0.4 is 10.6 Å². The van der Waals surface area contributed by atoms with Gasteiger partial charge in [-0.15, -0.1) is 0 Å². The Bertz CT molecular complexity index is 412. The molecule has 0 saturated carbocycles. The first kappa shape index (κ1) is 12.6. The largest absolute Gasteiger partial charge is 0.365 e. The molecular weight excluding hydrogens is 236 g/mol. The number of hydrogen-bond donors (Lipinski definition) is 2. The second kappa shape index (κ2) is 4.78. The van der Waals surface area contributed by atoms with E-state index in [9.17, 15) is 0 Å². The minimum absolute atomic E-state index is 0.0226. The lowest BCUT2D eigenvalue weighted by atomic mass is 10.1. The molecule has 0 bridgehead atoms. The lowest BCUT2D eigenvalue weighted by Gasteiger charge is -2.23. The molecule has 0 radical (unpaired) electrons. The average Bonchev–Trinajstić information content (AvgIpc) is 2.39. The van der Waals surface area contributed by atoms with Gasteiger partial charge in [-0.3, -0.25) is 0 Å². The third-order valence-corrected chi connectivity index (χ3v) is 2.82. The SMILES string of the molecule is CC(C)(C)Nc1nc(Cl)nc2c1CCNCC2. The molecule has 0 spiro atoms. The third kappa shape index (κ3) is 3.30. The van der Waals surface area contributed by atoms with Crippen LogP contribution in [0.3, 0.4) is 0 Å². The topological polar surface area (TPSA) is 49.8 Å². The van der Waals surface area contributed by atoms with E-state index in [0.29, 0.717) is 5.28 Å². The lowest BCUT2D eigenvalue weighted by Crippen LogP contribution is -2.28. The molecule has 94 valence electrons. The Balaban J connectivity index is 2.40. The number of halogens is 1. The van der Waals surface area contributed by atoms with Crippen molar-refractivity contribution in [2.45, 2.75) is 39.2 Å². The van der Waals surface area contributed by atoms with Crippen molar-refractivity contribution in [3.8, 4) is 0 Å². The molecule has 1 aliphatic rings. The van der Waals surface area contributed by atoms with Crippen LogP contribution in [0.5, 0.6) is 0 Å². The molecule has 1 aromatic rings. The van der Waals surface area contributed by atoms with Gasteiger partial charge in [0.25, 0.3) is 0 Å². The van der Waals surface area contributed by atoms with Gasteiger partial charge in [0.05, 0.1) is 5.69 Å². The molecule has 0 fully saturated rings. The van der Waals surface area contributed by atoms with E-state index in [1.807, 2.05) is 0 Å². The van der Waals surface area contributed by atoms with Crippen LogP contribution in [0.2, 0.25) is 5.28 Å². The van der Waals surface area contributed by atoms with Crippen LogP contribution in [0, 0.1) is 0 Å². The van der Waals surface area contributed by atoms with Gasteiger partial charge in [-0.1, -0.05) is 0 Å². The van der Waals surface area contributed by atoms with Gasteiger partial charge < -0.3 is 10.6 Å². The summed E-state index contributed by atoms with van der Waals surface area (Å²) in [5.74, 6) is 0.885. The van der Waals surface area contributed by atoms with Crippen LogP contribution in [0.4, 0.5) is 5.82 Å². The van der Waals surface area contributed by atoms with E-state index in [-0.39, 0.29) is 5.54 Å². The van der Waals surface area contributed by atoms with E-state index < -0.39 is 0 Å². The van der Waals surface area contributed by atoms with Gasteiger partial charge in [0, 0.05) is 24.1 Å². The highest BCUT2D eigenvalue weighted by Gasteiger charge is 2.19. The van der Waals surface area contributed by atoms with E-state index in [2.05, 4.69) is 41.4 Å². The molecule has 1 aliphatic heterocycles. The Hall–Kier alpha value is -0.870. The summed E-state index contributed by atoms with van der Waals surface area (Å²) in [6.07, 6.45) is 1.86. The molecule has 0 amide bonds. The predicted octanol–water partition coefficient (Wildman–Crippen LogP) is 2.03. The fraction of sp³-hybridized carbons (Fsp3) is 0.667. The van der Waals surface area contributed by atoms with Crippen LogP contribution in [-0.4, -0.2) is 28.6 Å². The zero-order valence-corrected chi connectivity index (χ0v) is 11.4. The number of nitrogens with zero attached hydrogens (tertiary/aromatic N) is 2. The van der Waals surface area contributed by atoms with Gasteiger partial charge in [-0.2, -0.15) is 0 Å². The first-order chi connectivity index (χ1) is 7.96. The van der Waals surface area contributed by atoms with Gasteiger partial charge in [-0.05, 0) is 45.3 Å². The average molecular weight is 255 g/mol. The van der Waals surface area contributed by atoms with Gasteiger partial charge in [0.1, 0.15) is 5.82 Å². The fourth-order valence-electron chi connectivity index (χ4n) is 1.97. The molecule has 0 unspecified atom stereocenters. The van der Waals surface area contributed by atoms with Crippen LogP contribution in [0.15, 0.2) is 0 Å². The zero-order chi connectivity index (χ0) is 12.5. The Morgan fingerprint density at radius 2 is 1.88 bits per heavy atom. The van der Waals surface area contributed by atoms with E-state index >= 15 is 0 Å². The van der Waals surface area contributed by atoms with Crippen molar-refractivity contribution in [3.05, 3.63) is 16.5 Å². The summed E-state index contributed by atoms with van der Waals surface area (Å²) < 4.78 is 0. The molecule has 2 rings (SSSR count). The fourth-order valence-corrected chi connectivity index (χ4v) is 2.16. The van der Waals surface area contributed by atoms with Gasteiger partial charge in [0.2, 0.25) is 5.28 Å². The summed E-state index contributed by atoms with van der Waals surface area (Å²) >= 11 is 5.98. The molecule has 0 saturated heterocycles. The van der Waals surface area contributed by atoms with E-state index in [1.165, 1.54) is 5.56 Å². The monoisotopic (exact) mass is 254 g/mol. The van der Waals surface area contributed by atoms with Crippen molar-refractivity contribution >= 4 is 17.4 Å². The summed E-state index contributed by atoms with van der Waals surface area (Å²) in [7, 11) is 0. The molecule has 0 aromatic carbocycles. The molecule has 2 N–H and O–H groups in total. The number of rotatable bonds is 1. The van der Waals surface area contributed by atoms with Crippen LogP contribution in [0.1, 0.15) is 32.0 Å². The Kier molecular flexibility index (Phi) is 3.54. The Morgan fingerprint density at radius 3 is 2.59 bits per heavy atom. The minimum Gasteiger partial charge on any atom is -0.365 e. The number of aromatic nitrogens is 2. The Labute approximate surface area is 107 Å². The molecule has 1 aromatic heterocycles. The minimum atomic E-state index is -0.0226. The quantitative estimate of drug-likeness (QED) is 0.753. The lowest BCUT2D eigenvalue weighted by molar-refractivity contribution is 0.627. The molecule has 2 heterocycles. The van der Waals surface area contributed by atoms with Crippen molar-refractivity contribution in [1.82, 2.24) is 15.3 Å². The first-order valence-electron chi connectivity index (χ1n) is 6.00. The van der Waals surface area contributed by atoms with Crippen molar-refractivity contribution in [3.63, 3.8) is 0 Å². The normalized spacial score (nSPS) is 16.2. The smallest absolute Gasteiger partial charge is 0.224 e. The van der Waals surface area contributed by atoms with E-state index in [1.54, 1.807) is 0 Å². The van der Waals surface area contributed by atoms with E-state index in [4.69, 9.17) is 11.6 Å².